The molecule has 0 aliphatic heterocycles. The van der Waals surface area contributed by atoms with Crippen LogP contribution in [0.15, 0.2) is 29.2 Å². The molecule has 0 amide bonds. The molecule has 1 aromatic rings. The molecular weight excluding hydrogens is 334 g/mol. The summed E-state index contributed by atoms with van der Waals surface area (Å²) in [4.78, 5) is -0.142. The van der Waals surface area contributed by atoms with Crippen LogP contribution in [0.1, 0.15) is 51.5 Å². The highest BCUT2D eigenvalue weighted by Gasteiger charge is 2.71. The summed E-state index contributed by atoms with van der Waals surface area (Å²) < 4.78 is 59.3. The molecule has 0 saturated heterocycles. The summed E-state index contributed by atoms with van der Waals surface area (Å²) >= 11 is 0. The van der Waals surface area contributed by atoms with Crippen LogP contribution in [-0.2, 0) is 15.5 Å². The predicted molar refractivity (Wildman–Crippen MR) is 87.8 cm³/mol. The zero-order valence-corrected chi connectivity index (χ0v) is 14.8. The number of halogens is 2. The van der Waals surface area contributed by atoms with Crippen LogP contribution >= 0.6 is 0 Å². The highest BCUT2D eigenvalue weighted by Crippen LogP contribution is 2.66. The van der Waals surface area contributed by atoms with E-state index in [1.165, 1.54) is 12.1 Å². The summed E-state index contributed by atoms with van der Waals surface area (Å²) in [6, 6.07) is 6.15. The summed E-state index contributed by atoms with van der Waals surface area (Å²) in [5.41, 5.74) is 0.659. The van der Waals surface area contributed by atoms with Gasteiger partial charge in [-0.3, -0.25) is 4.55 Å². The molecule has 0 spiro atoms. The maximum Gasteiger partial charge on any atom is 0.294 e. The van der Waals surface area contributed by atoms with Gasteiger partial charge in [0.25, 0.3) is 16.0 Å². The molecule has 6 heteroatoms. The Labute approximate surface area is 142 Å². The minimum Gasteiger partial charge on any atom is -0.282 e. The second-order valence-corrected chi connectivity index (χ2v) is 9.04. The van der Waals surface area contributed by atoms with Crippen molar-refractivity contribution in [1.82, 2.24) is 0 Å². The minimum atomic E-state index is -4.22. The highest BCUT2D eigenvalue weighted by molar-refractivity contribution is 7.85. The molecule has 0 bridgehead atoms. The summed E-state index contributed by atoms with van der Waals surface area (Å²) in [6.45, 7) is 4.08. The van der Waals surface area contributed by atoms with Crippen molar-refractivity contribution in [2.24, 2.45) is 17.8 Å². The fourth-order valence-corrected chi connectivity index (χ4v) is 4.99. The molecule has 1 aromatic carbocycles. The van der Waals surface area contributed by atoms with Gasteiger partial charge in [0.05, 0.1) is 4.90 Å². The van der Waals surface area contributed by atoms with Gasteiger partial charge in [-0.05, 0) is 54.7 Å². The Balaban J connectivity index is 1.81. The maximum atomic E-state index is 13.9. The highest BCUT2D eigenvalue weighted by atomic mass is 32.2. The van der Waals surface area contributed by atoms with E-state index in [0.717, 1.165) is 24.8 Å². The average Bonchev–Trinajstić information content (AvgIpc) is 3.10. The van der Waals surface area contributed by atoms with Gasteiger partial charge in [-0.1, -0.05) is 32.4 Å². The van der Waals surface area contributed by atoms with Crippen LogP contribution in [0.5, 0.6) is 0 Å². The first-order valence-electron chi connectivity index (χ1n) is 8.55. The van der Waals surface area contributed by atoms with Gasteiger partial charge >= 0.3 is 0 Å². The first-order chi connectivity index (χ1) is 11.1. The minimum absolute atomic E-state index is 0.0185. The van der Waals surface area contributed by atoms with E-state index in [2.05, 4.69) is 6.92 Å². The van der Waals surface area contributed by atoms with E-state index in [9.17, 15) is 17.2 Å². The van der Waals surface area contributed by atoms with Crippen LogP contribution in [-0.4, -0.2) is 18.9 Å². The SMILES string of the molecule is CCC(C)(CC1CCCC2C1C2(F)F)c1ccc(S(=O)(=O)O)cc1. The molecule has 2 fully saturated rings. The topological polar surface area (TPSA) is 54.4 Å². The van der Waals surface area contributed by atoms with Gasteiger partial charge in [0.15, 0.2) is 0 Å². The summed E-state index contributed by atoms with van der Waals surface area (Å²) in [7, 11) is -4.22. The van der Waals surface area contributed by atoms with Crippen molar-refractivity contribution < 1.29 is 21.8 Å². The molecule has 2 aliphatic rings. The third-order valence-corrected chi connectivity index (χ3v) is 7.07. The van der Waals surface area contributed by atoms with Crippen molar-refractivity contribution >= 4 is 10.1 Å². The predicted octanol–water partition coefficient (Wildman–Crippen LogP) is 4.67. The Hall–Kier alpha value is -1.01. The molecule has 0 aromatic heterocycles. The summed E-state index contributed by atoms with van der Waals surface area (Å²) in [5, 5.41) is 0. The fraction of sp³-hybridized carbons (Fsp3) is 0.667. The van der Waals surface area contributed by atoms with Crippen LogP contribution in [0, 0.1) is 17.8 Å². The number of hydrogen-bond donors (Lipinski definition) is 1. The van der Waals surface area contributed by atoms with Crippen LogP contribution < -0.4 is 0 Å². The lowest BCUT2D eigenvalue weighted by molar-refractivity contribution is 0.0734. The molecular formula is C18H24F2O3S. The van der Waals surface area contributed by atoms with Crippen molar-refractivity contribution in [3.8, 4) is 0 Å². The molecule has 0 heterocycles. The van der Waals surface area contributed by atoms with E-state index in [1.807, 2.05) is 6.92 Å². The van der Waals surface area contributed by atoms with Gasteiger partial charge in [0.1, 0.15) is 0 Å². The monoisotopic (exact) mass is 358 g/mol. The standard InChI is InChI=1S/C18H24F2O3S/c1-3-17(2,13-7-9-14(10-8-13)24(21,22)23)11-12-5-4-6-15-16(12)18(15,19)20/h7-10,12,15-16H,3-6,11H2,1-2H3,(H,21,22,23). The quantitative estimate of drug-likeness (QED) is 0.778. The maximum absolute atomic E-state index is 13.9. The first-order valence-corrected chi connectivity index (χ1v) is 9.99. The van der Waals surface area contributed by atoms with Gasteiger partial charge in [-0.25, -0.2) is 8.78 Å². The number of hydrogen-bond acceptors (Lipinski definition) is 2. The van der Waals surface area contributed by atoms with Gasteiger partial charge < -0.3 is 0 Å². The number of rotatable bonds is 5. The third kappa shape index (κ3) is 2.99. The van der Waals surface area contributed by atoms with E-state index in [4.69, 9.17) is 4.55 Å². The van der Waals surface area contributed by atoms with Gasteiger partial charge in [-0.2, -0.15) is 8.42 Å². The van der Waals surface area contributed by atoms with Gasteiger partial charge in [0, 0.05) is 11.8 Å². The molecule has 2 saturated carbocycles. The number of alkyl halides is 2. The zero-order chi connectivity index (χ0) is 17.8. The Bertz CT molecular complexity index is 714. The molecule has 1 N–H and O–H groups in total. The zero-order valence-electron chi connectivity index (χ0n) is 14.0. The van der Waals surface area contributed by atoms with Crippen molar-refractivity contribution in [3.63, 3.8) is 0 Å². The van der Waals surface area contributed by atoms with Crippen molar-refractivity contribution in [2.45, 2.75) is 62.2 Å². The smallest absolute Gasteiger partial charge is 0.282 e. The van der Waals surface area contributed by atoms with Gasteiger partial charge in [-0.15, -0.1) is 0 Å². The van der Waals surface area contributed by atoms with Crippen molar-refractivity contribution in [3.05, 3.63) is 29.8 Å². The van der Waals surface area contributed by atoms with Crippen molar-refractivity contribution in [1.29, 1.82) is 0 Å². The first kappa shape index (κ1) is 17.8. The molecule has 2 aliphatic carbocycles. The lowest BCUT2D eigenvalue weighted by Gasteiger charge is -2.34. The van der Waals surface area contributed by atoms with Crippen LogP contribution in [0.3, 0.4) is 0 Å². The van der Waals surface area contributed by atoms with E-state index in [1.54, 1.807) is 12.1 Å². The third-order valence-electron chi connectivity index (χ3n) is 6.20. The Morgan fingerprint density at radius 1 is 1.25 bits per heavy atom. The average molecular weight is 358 g/mol. The Morgan fingerprint density at radius 2 is 1.88 bits per heavy atom. The van der Waals surface area contributed by atoms with Crippen LogP contribution in [0.25, 0.3) is 0 Å². The number of fused-ring (bicyclic) bond motifs is 1. The molecule has 4 atom stereocenters. The molecule has 3 nitrogen and oxygen atoms in total. The fourth-order valence-electron chi connectivity index (χ4n) is 4.51. The number of benzene rings is 1. The molecule has 3 rings (SSSR count). The van der Waals surface area contributed by atoms with Gasteiger partial charge in [0.2, 0.25) is 0 Å². The largest absolute Gasteiger partial charge is 0.294 e. The van der Waals surface area contributed by atoms with Crippen LogP contribution in [0.2, 0.25) is 0 Å². The molecule has 24 heavy (non-hydrogen) atoms. The summed E-state index contributed by atoms with van der Waals surface area (Å²) in [6.07, 6.45) is 3.82. The molecule has 0 radical (unpaired) electrons. The Kier molecular flexibility index (Phi) is 4.28. The lowest BCUT2D eigenvalue weighted by atomic mass is 9.70. The molecule has 4 unspecified atom stereocenters. The molecule has 134 valence electrons. The van der Waals surface area contributed by atoms with E-state index in [-0.39, 0.29) is 16.2 Å². The second-order valence-electron chi connectivity index (χ2n) is 7.62. The van der Waals surface area contributed by atoms with E-state index < -0.39 is 27.9 Å². The second kappa shape index (κ2) is 5.77. The Morgan fingerprint density at radius 3 is 2.42 bits per heavy atom. The normalized spacial score (nSPS) is 31.1. The lowest BCUT2D eigenvalue weighted by Crippen LogP contribution is -2.27. The van der Waals surface area contributed by atoms with E-state index in [0.29, 0.717) is 12.8 Å². The van der Waals surface area contributed by atoms with E-state index >= 15 is 0 Å². The van der Waals surface area contributed by atoms with Crippen molar-refractivity contribution in [2.75, 3.05) is 0 Å². The van der Waals surface area contributed by atoms with Crippen LogP contribution in [0.4, 0.5) is 8.78 Å². The summed E-state index contributed by atoms with van der Waals surface area (Å²) in [5.74, 6) is -3.39.